The molecule has 0 aliphatic carbocycles. The minimum absolute atomic E-state index is 0.0230. The average Bonchev–Trinajstić information content (AvgIpc) is 2.61. The van der Waals surface area contributed by atoms with Gasteiger partial charge in [-0.1, -0.05) is 30.3 Å². The fraction of sp³-hybridized carbons (Fsp3) is 0.300. The average molecular weight is 404 g/mol. The lowest BCUT2D eigenvalue weighted by Gasteiger charge is -2.22. The molecular weight excluding hydrogens is 380 g/mol. The van der Waals surface area contributed by atoms with Crippen LogP contribution in [-0.4, -0.2) is 37.2 Å². The highest BCUT2D eigenvalue weighted by Gasteiger charge is 2.27. The molecule has 150 valence electrons. The third kappa shape index (κ3) is 6.17. The highest BCUT2D eigenvalue weighted by Crippen LogP contribution is 2.21. The number of sulfonamides is 1. The van der Waals surface area contributed by atoms with Gasteiger partial charge in [-0.15, -0.1) is 0 Å². The molecule has 7 nitrogen and oxygen atoms in total. The summed E-state index contributed by atoms with van der Waals surface area (Å²) >= 11 is 0. The van der Waals surface area contributed by atoms with Crippen molar-refractivity contribution in [1.29, 1.82) is 0 Å². The van der Waals surface area contributed by atoms with Crippen LogP contribution in [-0.2, 0) is 30.9 Å². The fourth-order valence-electron chi connectivity index (χ4n) is 2.52. The number of nitrogens with zero attached hydrogens (tertiary/aromatic N) is 1. The van der Waals surface area contributed by atoms with Crippen molar-refractivity contribution in [3.05, 3.63) is 60.2 Å². The van der Waals surface area contributed by atoms with E-state index in [4.69, 9.17) is 4.74 Å². The Hall–Kier alpha value is -2.71. The molecule has 1 amide bonds. The van der Waals surface area contributed by atoms with E-state index in [2.05, 4.69) is 5.32 Å². The van der Waals surface area contributed by atoms with Crippen LogP contribution >= 0.6 is 0 Å². The Morgan fingerprint density at radius 3 is 2.18 bits per heavy atom. The molecule has 0 bridgehead atoms. The molecule has 0 aliphatic heterocycles. The van der Waals surface area contributed by atoms with Crippen molar-refractivity contribution < 1.29 is 22.7 Å². The molecule has 0 spiro atoms. The summed E-state index contributed by atoms with van der Waals surface area (Å²) in [6, 6.07) is 14.8. The first-order valence-electron chi connectivity index (χ1n) is 8.79. The molecule has 0 saturated carbocycles. The fourth-order valence-corrected chi connectivity index (χ4v) is 3.89. The maximum atomic E-state index is 13.1. The van der Waals surface area contributed by atoms with Crippen LogP contribution in [0.1, 0.15) is 26.3 Å². The van der Waals surface area contributed by atoms with Gasteiger partial charge in [-0.3, -0.25) is 9.59 Å². The zero-order valence-electron chi connectivity index (χ0n) is 16.1. The Labute approximate surface area is 165 Å². The number of anilines is 1. The van der Waals surface area contributed by atoms with Gasteiger partial charge in [0, 0.05) is 19.2 Å². The molecule has 0 unspecified atom stereocenters. The van der Waals surface area contributed by atoms with Crippen LogP contribution in [0.2, 0.25) is 0 Å². The summed E-state index contributed by atoms with van der Waals surface area (Å²) in [7, 11) is -3.96. The molecule has 0 heterocycles. The number of ether oxygens (including phenoxy) is 1. The van der Waals surface area contributed by atoms with E-state index >= 15 is 0 Å². The zero-order chi connectivity index (χ0) is 20.7. The largest absolute Gasteiger partial charge is 0.462 e. The predicted molar refractivity (Wildman–Crippen MR) is 106 cm³/mol. The van der Waals surface area contributed by atoms with E-state index in [1.165, 1.54) is 31.2 Å². The first-order chi connectivity index (χ1) is 13.2. The third-order valence-electron chi connectivity index (χ3n) is 3.69. The van der Waals surface area contributed by atoms with Gasteiger partial charge in [0.05, 0.1) is 11.0 Å². The van der Waals surface area contributed by atoms with Crippen LogP contribution in [0.25, 0.3) is 0 Å². The molecule has 8 heteroatoms. The van der Waals surface area contributed by atoms with Crippen molar-refractivity contribution in [2.45, 2.75) is 38.3 Å². The van der Waals surface area contributed by atoms with E-state index in [1.54, 1.807) is 38.1 Å². The second-order valence-electron chi connectivity index (χ2n) is 6.50. The number of hydrogen-bond acceptors (Lipinski definition) is 5. The van der Waals surface area contributed by atoms with E-state index in [9.17, 15) is 18.0 Å². The van der Waals surface area contributed by atoms with Crippen molar-refractivity contribution in [3.63, 3.8) is 0 Å². The molecule has 1 N–H and O–H groups in total. The summed E-state index contributed by atoms with van der Waals surface area (Å²) in [5.41, 5.74) is 1.23. The van der Waals surface area contributed by atoms with Crippen molar-refractivity contribution in [1.82, 2.24) is 4.31 Å². The molecule has 2 aromatic carbocycles. The van der Waals surface area contributed by atoms with Crippen molar-refractivity contribution in [3.8, 4) is 0 Å². The lowest BCUT2D eigenvalue weighted by molar-refractivity contribution is -0.147. The SMILES string of the molecule is CC(=O)Nc1ccc(S(=O)(=O)N(CC(=O)OC(C)C)Cc2ccccc2)cc1. The molecule has 0 fully saturated rings. The Morgan fingerprint density at radius 1 is 1.04 bits per heavy atom. The first-order valence-corrected chi connectivity index (χ1v) is 10.2. The summed E-state index contributed by atoms with van der Waals surface area (Å²) in [5.74, 6) is -0.873. The smallest absolute Gasteiger partial charge is 0.321 e. The maximum Gasteiger partial charge on any atom is 0.321 e. The van der Waals surface area contributed by atoms with E-state index in [1.807, 2.05) is 6.07 Å². The molecule has 0 aromatic heterocycles. The number of carbonyl (C=O) groups is 2. The van der Waals surface area contributed by atoms with Gasteiger partial charge in [-0.2, -0.15) is 4.31 Å². The molecule has 0 aliphatic rings. The van der Waals surface area contributed by atoms with Gasteiger partial charge in [-0.05, 0) is 43.7 Å². The number of hydrogen-bond donors (Lipinski definition) is 1. The van der Waals surface area contributed by atoms with Crippen LogP contribution in [0.15, 0.2) is 59.5 Å². The monoisotopic (exact) mass is 404 g/mol. The number of esters is 1. The second kappa shape index (κ2) is 9.48. The summed E-state index contributed by atoms with van der Waals surface area (Å²) < 4.78 is 32.4. The van der Waals surface area contributed by atoms with Gasteiger partial charge in [0.1, 0.15) is 6.54 Å². The Balaban J connectivity index is 2.30. The van der Waals surface area contributed by atoms with Crippen LogP contribution < -0.4 is 5.32 Å². The van der Waals surface area contributed by atoms with E-state index in [0.717, 1.165) is 9.87 Å². The van der Waals surface area contributed by atoms with Crippen molar-refractivity contribution >= 4 is 27.6 Å². The maximum absolute atomic E-state index is 13.1. The second-order valence-corrected chi connectivity index (χ2v) is 8.44. The van der Waals surface area contributed by atoms with Gasteiger partial charge < -0.3 is 10.1 Å². The Bertz CT molecular complexity index is 909. The number of benzene rings is 2. The zero-order valence-corrected chi connectivity index (χ0v) is 16.9. The third-order valence-corrected chi connectivity index (χ3v) is 5.49. The van der Waals surface area contributed by atoms with Crippen LogP contribution in [0, 0.1) is 0 Å². The van der Waals surface area contributed by atoms with Gasteiger partial charge in [-0.25, -0.2) is 8.42 Å². The Kier molecular flexibility index (Phi) is 7.31. The van der Waals surface area contributed by atoms with Crippen molar-refractivity contribution in [2.75, 3.05) is 11.9 Å². The minimum atomic E-state index is -3.96. The minimum Gasteiger partial charge on any atom is -0.462 e. The van der Waals surface area contributed by atoms with Gasteiger partial charge in [0.15, 0.2) is 0 Å². The highest BCUT2D eigenvalue weighted by atomic mass is 32.2. The number of carbonyl (C=O) groups excluding carboxylic acids is 2. The van der Waals surface area contributed by atoms with Gasteiger partial charge >= 0.3 is 5.97 Å². The standard InChI is InChI=1S/C20H24N2O5S/c1-15(2)27-20(24)14-22(13-17-7-5-4-6-8-17)28(25,26)19-11-9-18(10-12-19)21-16(3)23/h4-12,15H,13-14H2,1-3H3,(H,21,23). The summed E-state index contributed by atoms with van der Waals surface area (Å²) in [6.45, 7) is 4.41. The topological polar surface area (TPSA) is 92.8 Å². The van der Waals surface area contributed by atoms with E-state index in [0.29, 0.717) is 5.69 Å². The lowest BCUT2D eigenvalue weighted by atomic mass is 10.2. The molecule has 2 rings (SSSR count). The normalized spacial score (nSPS) is 11.5. The molecule has 0 atom stereocenters. The van der Waals surface area contributed by atoms with Crippen LogP contribution in [0.4, 0.5) is 5.69 Å². The quantitative estimate of drug-likeness (QED) is 0.683. The highest BCUT2D eigenvalue weighted by molar-refractivity contribution is 7.89. The lowest BCUT2D eigenvalue weighted by Crippen LogP contribution is -2.36. The molecule has 2 aromatic rings. The van der Waals surface area contributed by atoms with Gasteiger partial charge in [0.25, 0.3) is 0 Å². The number of rotatable bonds is 8. The van der Waals surface area contributed by atoms with Crippen LogP contribution in [0.5, 0.6) is 0 Å². The first kappa shape index (κ1) is 21.6. The van der Waals surface area contributed by atoms with Crippen molar-refractivity contribution in [2.24, 2.45) is 0 Å². The number of amides is 1. The summed E-state index contributed by atoms with van der Waals surface area (Å²) in [6.07, 6.45) is -0.342. The van der Waals surface area contributed by atoms with E-state index < -0.39 is 22.5 Å². The predicted octanol–water partition coefficient (Wildman–Crippen LogP) is 2.79. The number of nitrogens with one attached hydrogen (secondary N) is 1. The molecule has 28 heavy (non-hydrogen) atoms. The van der Waals surface area contributed by atoms with Crippen LogP contribution in [0.3, 0.4) is 0 Å². The van der Waals surface area contributed by atoms with E-state index in [-0.39, 0.29) is 23.5 Å². The molecular formula is C20H24N2O5S. The molecule has 0 radical (unpaired) electrons. The summed E-state index contributed by atoms with van der Waals surface area (Å²) in [4.78, 5) is 23.3. The van der Waals surface area contributed by atoms with Gasteiger partial charge in [0.2, 0.25) is 15.9 Å². The Morgan fingerprint density at radius 2 is 1.64 bits per heavy atom. The summed E-state index contributed by atoms with van der Waals surface area (Å²) in [5, 5.41) is 2.58. The molecule has 0 saturated heterocycles.